The van der Waals surface area contributed by atoms with Crippen LogP contribution in [0.5, 0.6) is 0 Å². The molecule has 12 heavy (non-hydrogen) atoms. The van der Waals surface area contributed by atoms with E-state index in [1.807, 2.05) is 0 Å². The monoisotopic (exact) mass is 234 g/mol. The Labute approximate surface area is 84.0 Å². The van der Waals surface area contributed by atoms with Gasteiger partial charge in [-0.15, -0.1) is 0 Å². The second-order valence-corrected chi connectivity index (χ2v) is 4.93. The second kappa shape index (κ2) is 4.10. The van der Waals surface area contributed by atoms with Gasteiger partial charge in [0.05, 0.1) is 0 Å². The van der Waals surface area contributed by atoms with E-state index in [2.05, 4.69) is 29.8 Å². The molecule has 0 radical (unpaired) electrons. The zero-order valence-electron chi connectivity index (χ0n) is 8.27. The number of methoxy groups -OCH3 is 1. The van der Waals surface area contributed by atoms with Crippen molar-refractivity contribution in [1.29, 1.82) is 0 Å². The molecule has 0 aliphatic heterocycles. The first kappa shape index (κ1) is 10.5. The molecule has 0 aromatic rings. The van der Waals surface area contributed by atoms with Gasteiger partial charge < -0.3 is 4.74 Å². The lowest BCUT2D eigenvalue weighted by Gasteiger charge is -2.49. The van der Waals surface area contributed by atoms with Gasteiger partial charge in [0.1, 0.15) is 0 Å². The minimum absolute atomic E-state index is 0.537. The molecule has 1 rings (SSSR count). The largest absolute Gasteiger partial charge is 0.384 e. The average Bonchev–Trinajstić information content (AvgIpc) is 1.98. The van der Waals surface area contributed by atoms with E-state index < -0.39 is 0 Å². The third-order valence-electron chi connectivity index (χ3n) is 3.24. The molecule has 0 bridgehead atoms. The summed E-state index contributed by atoms with van der Waals surface area (Å²) in [7, 11) is 1.79. The summed E-state index contributed by atoms with van der Waals surface area (Å²) in [4.78, 5) is 0. The van der Waals surface area contributed by atoms with Crippen LogP contribution in [0, 0.1) is 17.3 Å². The molecular formula is C10H19BrO. The molecule has 72 valence electrons. The lowest BCUT2D eigenvalue weighted by molar-refractivity contribution is -0.00582. The Morgan fingerprint density at radius 3 is 2.50 bits per heavy atom. The third kappa shape index (κ3) is 1.85. The quantitative estimate of drug-likeness (QED) is 0.680. The zero-order valence-corrected chi connectivity index (χ0v) is 9.86. The van der Waals surface area contributed by atoms with E-state index in [1.165, 1.54) is 12.8 Å². The fourth-order valence-electron chi connectivity index (χ4n) is 2.40. The summed E-state index contributed by atoms with van der Waals surface area (Å²) < 4.78 is 5.20. The van der Waals surface area contributed by atoms with Crippen LogP contribution in [-0.2, 0) is 4.74 Å². The molecule has 0 amide bonds. The number of halogens is 1. The summed E-state index contributed by atoms with van der Waals surface area (Å²) in [6.45, 7) is 5.54. The van der Waals surface area contributed by atoms with Gasteiger partial charge in [-0.2, -0.15) is 0 Å². The molecule has 2 heteroatoms. The smallest absolute Gasteiger partial charge is 0.0493 e. The predicted octanol–water partition coefficient (Wildman–Crippen LogP) is 3.08. The topological polar surface area (TPSA) is 9.23 Å². The molecule has 0 spiro atoms. The van der Waals surface area contributed by atoms with Crippen LogP contribution in [0.3, 0.4) is 0 Å². The van der Waals surface area contributed by atoms with Crippen LogP contribution < -0.4 is 0 Å². The van der Waals surface area contributed by atoms with E-state index in [-0.39, 0.29) is 0 Å². The predicted molar refractivity (Wildman–Crippen MR) is 55.7 cm³/mol. The lowest BCUT2D eigenvalue weighted by atomic mass is 9.58. The van der Waals surface area contributed by atoms with Gasteiger partial charge in [0.2, 0.25) is 0 Å². The van der Waals surface area contributed by atoms with Crippen molar-refractivity contribution in [3.63, 3.8) is 0 Å². The molecule has 1 aliphatic carbocycles. The molecule has 1 fully saturated rings. The number of rotatable bonds is 4. The molecule has 0 saturated heterocycles. The first-order chi connectivity index (χ1) is 5.64. The van der Waals surface area contributed by atoms with E-state index in [9.17, 15) is 0 Å². The molecule has 1 aliphatic rings. The van der Waals surface area contributed by atoms with E-state index in [0.29, 0.717) is 11.3 Å². The van der Waals surface area contributed by atoms with Crippen LogP contribution in [0.1, 0.15) is 26.7 Å². The van der Waals surface area contributed by atoms with E-state index in [4.69, 9.17) is 4.74 Å². The molecule has 1 saturated carbocycles. The molecule has 1 nitrogen and oxygen atoms in total. The van der Waals surface area contributed by atoms with Crippen LogP contribution in [0.15, 0.2) is 0 Å². The van der Waals surface area contributed by atoms with Gasteiger partial charge in [0.15, 0.2) is 0 Å². The zero-order chi connectivity index (χ0) is 9.19. The van der Waals surface area contributed by atoms with Gasteiger partial charge in [-0.3, -0.25) is 0 Å². The van der Waals surface area contributed by atoms with Crippen LogP contribution in [0.4, 0.5) is 0 Å². The van der Waals surface area contributed by atoms with Crippen molar-refractivity contribution in [2.24, 2.45) is 17.3 Å². The summed E-state index contributed by atoms with van der Waals surface area (Å²) in [6.07, 6.45) is 2.73. The number of alkyl halides is 1. The summed E-state index contributed by atoms with van der Waals surface area (Å²) in [6, 6.07) is 0. The summed E-state index contributed by atoms with van der Waals surface area (Å²) in [5, 5.41) is 1.13. The van der Waals surface area contributed by atoms with Gasteiger partial charge in [-0.1, -0.05) is 29.8 Å². The van der Waals surface area contributed by atoms with Crippen LogP contribution in [-0.4, -0.2) is 19.0 Å². The average molecular weight is 235 g/mol. The fraction of sp³-hybridized carbons (Fsp3) is 1.00. The van der Waals surface area contributed by atoms with Crippen LogP contribution in [0.25, 0.3) is 0 Å². The van der Waals surface area contributed by atoms with Crippen molar-refractivity contribution in [2.75, 3.05) is 19.0 Å². The molecule has 0 N–H and O–H groups in total. The number of ether oxygens (including phenoxy) is 1. The SMILES string of the molecule is COCC(C)C1(CBr)CC(C)C1. The molecule has 0 aromatic carbocycles. The Kier molecular flexibility index (Phi) is 3.59. The van der Waals surface area contributed by atoms with E-state index >= 15 is 0 Å². The van der Waals surface area contributed by atoms with Crippen molar-refractivity contribution in [1.82, 2.24) is 0 Å². The Morgan fingerprint density at radius 1 is 1.58 bits per heavy atom. The first-order valence-corrected chi connectivity index (χ1v) is 5.81. The normalized spacial score (nSPS) is 37.5. The van der Waals surface area contributed by atoms with Gasteiger partial charge in [0.25, 0.3) is 0 Å². The molecule has 1 unspecified atom stereocenters. The number of hydrogen-bond acceptors (Lipinski definition) is 1. The van der Waals surface area contributed by atoms with E-state index in [1.54, 1.807) is 7.11 Å². The van der Waals surface area contributed by atoms with Crippen LogP contribution >= 0.6 is 15.9 Å². The highest BCUT2D eigenvalue weighted by atomic mass is 79.9. The van der Waals surface area contributed by atoms with Crippen molar-refractivity contribution in [2.45, 2.75) is 26.7 Å². The second-order valence-electron chi connectivity index (χ2n) is 4.37. The van der Waals surface area contributed by atoms with Gasteiger partial charge in [-0.05, 0) is 30.1 Å². The van der Waals surface area contributed by atoms with E-state index in [0.717, 1.165) is 17.9 Å². The van der Waals surface area contributed by atoms with Crippen molar-refractivity contribution in [3.8, 4) is 0 Å². The Balaban J connectivity index is 2.45. The molecule has 1 atom stereocenters. The minimum Gasteiger partial charge on any atom is -0.384 e. The molecule has 0 heterocycles. The van der Waals surface area contributed by atoms with Gasteiger partial charge in [-0.25, -0.2) is 0 Å². The fourth-order valence-corrected chi connectivity index (χ4v) is 3.41. The molecule has 0 aromatic heterocycles. The minimum atomic E-state index is 0.537. The Morgan fingerprint density at radius 2 is 2.17 bits per heavy atom. The maximum atomic E-state index is 5.20. The van der Waals surface area contributed by atoms with Gasteiger partial charge >= 0.3 is 0 Å². The summed E-state index contributed by atoms with van der Waals surface area (Å²) >= 11 is 3.63. The lowest BCUT2D eigenvalue weighted by Crippen LogP contribution is -2.44. The standard InChI is InChI=1S/C10H19BrO/c1-8-4-10(5-8,7-11)9(2)6-12-3/h8-9H,4-7H2,1-3H3. The maximum Gasteiger partial charge on any atom is 0.0493 e. The maximum absolute atomic E-state index is 5.20. The molecular weight excluding hydrogens is 216 g/mol. The first-order valence-electron chi connectivity index (χ1n) is 4.69. The highest BCUT2D eigenvalue weighted by molar-refractivity contribution is 9.09. The van der Waals surface area contributed by atoms with Crippen LogP contribution in [0.2, 0.25) is 0 Å². The summed E-state index contributed by atoms with van der Waals surface area (Å²) in [5.74, 6) is 1.61. The van der Waals surface area contributed by atoms with Crippen molar-refractivity contribution >= 4 is 15.9 Å². The number of hydrogen-bond donors (Lipinski definition) is 0. The van der Waals surface area contributed by atoms with Crippen molar-refractivity contribution in [3.05, 3.63) is 0 Å². The highest BCUT2D eigenvalue weighted by Crippen LogP contribution is 2.51. The summed E-state index contributed by atoms with van der Waals surface area (Å²) in [5.41, 5.74) is 0.537. The third-order valence-corrected chi connectivity index (χ3v) is 4.35. The highest BCUT2D eigenvalue weighted by Gasteiger charge is 2.44. The Hall–Kier alpha value is 0.440. The van der Waals surface area contributed by atoms with Gasteiger partial charge in [0, 0.05) is 19.0 Å². The van der Waals surface area contributed by atoms with Crippen molar-refractivity contribution < 1.29 is 4.74 Å². The Bertz CT molecular complexity index is 141.